The highest BCUT2D eigenvalue weighted by Gasteiger charge is 2.30. The highest BCUT2D eigenvalue weighted by atomic mass is 19.4. The van der Waals surface area contributed by atoms with E-state index in [0.717, 1.165) is 35.8 Å². The van der Waals surface area contributed by atoms with Crippen LogP contribution >= 0.6 is 0 Å². The van der Waals surface area contributed by atoms with Crippen LogP contribution < -0.4 is 5.43 Å². The number of benzene rings is 1. The Morgan fingerprint density at radius 2 is 1.85 bits per heavy atom. The molecule has 0 bridgehead atoms. The SMILES string of the molecule is Cc1cc(/C=N\Nc2ccc(C(F)(F)F)cn2)c(C)n1Cc1ccccc1. The predicted molar refractivity (Wildman–Crippen MR) is 99.9 cm³/mol. The number of halogens is 3. The molecule has 0 unspecified atom stereocenters. The summed E-state index contributed by atoms with van der Waals surface area (Å²) in [6.45, 7) is 4.80. The molecule has 1 N–H and O–H groups in total. The van der Waals surface area contributed by atoms with Crippen molar-refractivity contribution >= 4 is 12.0 Å². The molecule has 0 aliphatic heterocycles. The van der Waals surface area contributed by atoms with Crippen LogP contribution in [0.25, 0.3) is 0 Å². The summed E-state index contributed by atoms with van der Waals surface area (Å²) >= 11 is 0. The quantitative estimate of drug-likeness (QED) is 0.505. The third-order valence-electron chi connectivity index (χ3n) is 4.27. The maximum absolute atomic E-state index is 12.5. The van der Waals surface area contributed by atoms with Crippen LogP contribution in [0, 0.1) is 13.8 Å². The number of aryl methyl sites for hydroxylation is 1. The maximum Gasteiger partial charge on any atom is 0.417 e. The summed E-state index contributed by atoms with van der Waals surface area (Å²) in [6.07, 6.45) is -1.97. The molecule has 7 heteroatoms. The molecule has 27 heavy (non-hydrogen) atoms. The zero-order valence-electron chi connectivity index (χ0n) is 15.0. The Morgan fingerprint density at radius 3 is 2.48 bits per heavy atom. The molecule has 0 aliphatic rings. The summed E-state index contributed by atoms with van der Waals surface area (Å²) in [6, 6.07) is 14.4. The first-order valence-corrected chi connectivity index (χ1v) is 8.37. The molecular weight excluding hydrogens is 353 g/mol. The Labute approximate surface area is 155 Å². The summed E-state index contributed by atoms with van der Waals surface area (Å²) in [5, 5.41) is 4.09. The second-order valence-corrected chi connectivity index (χ2v) is 6.20. The molecule has 2 aromatic heterocycles. The second kappa shape index (κ2) is 7.65. The van der Waals surface area contributed by atoms with Crippen molar-refractivity contribution < 1.29 is 13.2 Å². The lowest BCUT2D eigenvalue weighted by Gasteiger charge is -2.09. The van der Waals surface area contributed by atoms with Gasteiger partial charge in [0.15, 0.2) is 0 Å². The van der Waals surface area contributed by atoms with E-state index in [0.29, 0.717) is 0 Å². The molecule has 2 heterocycles. The lowest BCUT2D eigenvalue weighted by Crippen LogP contribution is -2.06. The minimum Gasteiger partial charge on any atom is -0.344 e. The Balaban J connectivity index is 1.70. The van der Waals surface area contributed by atoms with Crippen LogP contribution in [-0.2, 0) is 12.7 Å². The van der Waals surface area contributed by atoms with Gasteiger partial charge in [-0.25, -0.2) is 4.98 Å². The van der Waals surface area contributed by atoms with Crippen molar-refractivity contribution in [2.75, 3.05) is 5.43 Å². The second-order valence-electron chi connectivity index (χ2n) is 6.20. The van der Waals surface area contributed by atoms with Crippen LogP contribution in [-0.4, -0.2) is 15.8 Å². The van der Waals surface area contributed by atoms with E-state index in [2.05, 4.69) is 32.2 Å². The third kappa shape index (κ3) is 4.55. The van der Waals surface area contributed by atoms with Gasteiger partial charge in [-0.2, -0.15) is 18.3 Å². The van der Waals surface area contributed by atoms with Crippen molar-refractivity contribution in [1.82, 2.24) is 9.55 Å². The topological polar surface area (TPSA) is 42.2 Å². The summed E-state index contributed by atoms with van der Waals surface area (Å²) in [5.41, 5.74) is 6.17. The molecule has 0 fully saturated rings. The standard InChI is InChI=1S/C20H19F3N4/c1-14-10-17(15(2)27(14)13-16-6-4-3-5-7-16)11-25-26-19-9-8-18(12-24-19)20(21,22)23/h3-12H,13H2,1-2H3,(H,24,26)/b25-11-. The third-order valence-corrected chi connectivity index (χ3v) is 4.27. The van der Waals surface area contributed by atoms with Gasteiger partial charge in [-0.05, 0) is 37.6 Å². The summed E-state index contributed by atoms with van der Waals surface area (Å²) in [7, 11) is 0. The molecule has 0 aliphatic carbocycles. The zero-order valence-corrected chi connectivity index (χ0v) is 15.0. The number of pyridine rings is 1. The lowest BCUT2D eigenvalue weighted by molar-refractivity contribution is -0.137. The van der Waals surface area contributed by atoms with Gasteiger partial charge in [0.25, 0.3) is 0 Å². The molecule has 4 nitrogen and oxygen atoms in total. The lowest BCUT2D eigenvalue weighted by atomic mass is 10.2. The number of alkyl halides is 3. The van der Waals surface area contributed by atoms with E-state index in [1.165, 1.54) is 11.6 Å². The molecule has 0 saturated heterocycles. The number of hydrogen-bond acceptors (Lipinski definition) is 3. The van der Waals surface area contributed by atoms with Crippen LogP contribution in [0.1, 0.15) is 28.1 Å². The smallest absolute Gasteiger partial charge is 0.344 e. The monoisotopic (exact) mass is 372 g/mol. The highest BCUT2D eigenvalue weighted by molar-refractivity contribution is 5.82. The highest BCUT2D eigenvalue weighted by Crippen LogP contribution is 2.28. The minimum atomic E-state index is -4.40. The van der Waals surface area contributed by atoms with Gasteiger partial charge in [-0.3, -0.25) is 5.43 Å². The molecule has 1 aromatic carbocycles. The first-order chi connectivity index (χ1) is 12.8. The van der Waals surface area contributed by atoms with Crippen LogP contribution in [0.15, 0.2) is 59.8 Å². The number of aromatic nitrogens is 2. The number of nitrogens with one attached hydrogen (secondary N) is 1. The molecule has 3 aromatic rings. The predicted octanol–water partition coefficient (Wildman–Crippen LogP) is 5.01. The number of rotatable bonds is 5. The van der Waals surface area contributed by atoms with E-state index in [1.807, 2.05) is 38.1 Å². The van der Waals surface area contributed by atoms with Gasteiger partial charge in [0, 0.05) is 29.7 Å². The van der Waals surface area contributed by atoms with Gasteiger partial charge in [0.1, 0.15) is 5.82 Å². The van der Waals surface area contributed by atoms with Crippen LogP contribution in [0.5, 0.6) is 0 Å². The van der Waals surface area contributed by atoms with Crippen molar-refractivity contribution in [3.63, 3.8) is 0 Å². The normalized spacial score (nSPS) is 11.9. The number of nitrogens with zero attached hydrogens (tertiary/aromatic N) is 3. The van der Waals surface area contributed by atoms with Crippen molar-refractivity contribution in [3.8, 4) is 0 Å². The van der Waals surface area contributed by atoms with E-state index < -0.39 is 11.7 Å². The summed E-state index contributed by atoms with van der Waals surface area (Å²) in [5.74, 6) is 0.248. The molecule has 0 atom stereocenters. The molecule has 3 rings (SSSR count). The summed E-state index contributed by atoms with van der Waals surface area (Å²) in [4.78, 5) is 3.73. The first kappa shape index (κ1) is 18.7. The fourth-order valence-electron chi connectivity index (χ4n) is 2.76. The number of hydrogen-bond donors (Lipinski definition) is 1. The largest absolute Gasteiger partial charge is 0.417 e. The average molecular weight is 372 g/mol. The molecular formula is C20H19F3N4. The molecule has 0 amide bonds. The van der Waals surface area contributed by atoms with Gasteiger partial charge in [-0.1, -0.05) is 30.3 Å². The van der Waals surface area contributed by atoms with Crippen molar-refractivity contribution in [2.24, 2.45) is 5.10 Å². The van der Waals surface area contributed by atoms with Crippen molar-refractivity contribution in [3.05, 3.63) is 82.8 Å². The van der Waals surface area contributed by atoms with Crippen molar-refractivity contribution in [1.29, 1.82) is 0 Å². The number of hydrazone groups is 1. The Kier molecular flexibility index (Phi) is 5.30. The van der Waals surface area contributed by atoms with Crippen LogP contribution in [0.3, 0.4) is 0 Å². The van der Waals surface area contributed by atoms with Gasteiger partial charge in [-0.15, -0.1) is 0 Å². The van der Waals surface area contributed by atoms with E-state index in [4.69, 9.17) is 0 Å². The fourth-order valence-corrected chi connectivity index (χ4v) is 2.76. The van der Waals surface area contributed by atoms with Gasteiger partial charge >= 0.3 is 6.18 Å². The van der Waals surface area contributed by atoms with E-state index in [9.17, 15) is 13.2 Å². The number of anilines is 1. The van der Waals surface area contributed by atoms with E-state index in [-0.39, 0.29) is 5.82 Å². The van der Waals surface area contributed by atoms with E-state index in [1.54, 1.807) is 6.21 Å². The van der Waals surface area contributed by atoms with E-state index >= 15 is 0 Å². The maximum atomic E-state index is 12.5. The van der Waals surface area contributed by atoms with Crippen LogP contribution in [0.2, 0.25) is 0 Å². The minimum absolute atomic E-state index is 0.248. The summed E-state index contributed by atoms with van der Waals surface area (Å²) < 4.78 is 39.8. The van der Waals surface area contributed by atoms with Crippen LogP contribution in [0.4, 0.5) is 19.0 Å². The first-order valence-electron chi connectivity index (χ1n) is 8.37. The molecule has 0 spiro atoms. The average Bonchev–Trinajstić information content (AvgIpc) is 2.90. The van der Waals surface area contributed by atoms with Gasteiger partial charge in [0.05, 0.1) is 11.8 Å². The van der Waals surface area contributed by atoms with Crippen molar-refractivity contribution in [2.45, 2.75) is 26.6 Å². The zero-order chi connectivity index (χ0) is 19.4. The van der Waals surface area contributed by atoms with Gasteiger partial charge in [0.2, 0.25) is 0 Å². The Bertz CT molecular complexity index is 926. The molecule has 140 valence electrons. The van der Waals surface area contributed by atoms with Gasteiger partial charge < -0.3 is 4.57 Å². The fraction of sp³-hybridized carbons (Fsp3) is 0.200. The molecule has 0 saturated carbocycles. The Hall–Kier alpha value is -3.09. The molecule has 0 radical (unpaired) electrons. The Morgan fingerprint density at radius 1 is 1.11 bits per heavy atom.